The van der Waals surface area contributed by atoms with Gasteiger partial charge in [-0.2, -0.15) is 0 Å². The minimum Gasteiger partial charge on any atom is -0.301 e. The summed E-state index contributed by atoms with van der Waals surface area (Å²) in [7, 11) is 0. The summed E-state index contributed by atoms with van der Waals surface area (Å²) in [6.07, 6.45) is 0. The molecule has 1 aromatic carbocycles. The van der Waals surface area contributed by atoms with E-state index in [0.29, 0.717) is 5.37 Å². The molecule has 1 atom stereocenters. The monoisotopic (exact) mass is 243 g/mol. The third kappa shape index (κ3) is 1.84. The maximum atomic E-state index is 3.47. The molecule has 2 rings (SSSR count). The van der Waals surface area contributed by atoms with Gasteiger partial charge in [0.25, 0.3) is 0 Å². The van der Waals surface area contributed by atoms with Crippen LogP contribution in [0.2, 0.25) is 0 Å². The Balaban J connectivity index is 2.21. The average molecular weight is 244 g/mol. The number of rotatable bonds is 1. The SMILES string of the molecule is Brc1cccc([C@H]2NCCS2)c1. The Labute approximate surface area is 85.1 Å². The molecule has 1 aliphatic rings. The van der Waals surface area contributed by atoms with E-state index in [-0.39, 0.29) is 0 Å². The first-order valence-electron chi connectivity index (χ1n) is 3.97. The van der Waals surface area contributed by atoms with Crippen molar-refractivity contribution in [2.75, 3.05) is 12.3 Å². The number of benzene rings is 1. The molecule has 0 spiro atoms. The van der Waals surface area contributed by atoms with E-state index in [0.717, 1.165) is 11.0 Å². The molecule has 1 aromatic rings. The second-order valence-corrected chi connectivity index (χ2v) is 4.89. The van der Waals surface area contributed by atoms with Crippen LogP contribution in [0.1, 0.15) is 10.9 Å². The Bertz CT molecular complexity index is 271. The summed E-state index contributed by atoms with van der Waals surface area (Å²) in [6, 6.07) is 8.49. The minimum absolute atomic E-state index is 0.502. The Morgan fingerprint density at radius 1 is 1.50 bits per heavy atom. The maximum Gasteiger partial charge on any atom is 0.0790 e. The van der Waals surface area contributed by atoms with Crippen molar-refractivity contribution in [3.8, 4) is 0 Å². The van der Waals surface area contributed by atoms with E-state index in [9.17, 15) is 0 Å². The highest BCUT2D eigenvalue weighted by Gasteiger charge is 2.15. The topological polar surface area (TPSA) is 12.0 Å². The summed E-state index contributed by atoms with van der Waals surface area (Å²) in [5.74, 6) is 1.22. The molecule has 64 valence electrons. The molecule has 12 heavy (non-hydrogen) atoms. The van der Waals surface area contributed by atoms with Crippen LogP contribution in [0.25, 0.3) is 0 Å². The van der Waals surface area contributed by atoms with Gasteiger partial charge in [-0.05, 0) is 17.7 Å². The zero-order chi connectivity index (χ0) is 8.39. The molecule has 1 aliphatic heterocycles. The fraction of sp³-hybridized carbons (Fsp3) is 0.333. The van der Waals surface area contributed by atoms with Crippen LogP contribution in [0.5, 0.6) is 0 Å². The summed E-state index contributed by atoms with van der Waals surface area (Å²) in [5, 5.41) is 3.94. The van der Waals surface area contributed by atoms with Gasteiger partial charge in [0.2, 0.25) is 0 Å². The molecule has 0 unspecified atom stereocenters. The molecular weight excluding hydrogens is 234 g/mol. The van der Waals surface area contributed by atoms with Crippen LogP contribution in [-0.2, 0) is 0 Å². The van der Waals surface area contributed by atoms with E-state index in [1.54, 1.807) is 0 Å². The van der Waals surface area contributed by atoms with Crippen molar-refractivity contribution < 1.29 is 0 Å². The summed E-state index contributed by atoms with van der Waals surface area (Å²) < 4.78 is 1.16. The quantitative estimate of drug-likeness (QED) is 0.815. The molecule has 0 bridgehead atoms. The number of hydrogen-bond donors (Lipinski definition) is 1. The van der Waals surface area contributed by atoms with Gasteiger partial charge in [-0.25, -0.2) is 0 Å². The smallest absolute Gasteiger partial charge is 0.0790 e. The summed E-state index contributed by atoms with van der Waals surface area (Å²) >= 11 is 5.44. The van der Waals surface area contributed by atoms with Gasteiger partial charge in [0.1, 0.15) is 0 Å². The summed E-state index contributed by atoms with van der Waals surface area (Å²) in [4.78, 5) is 0. The molecule has 0 amide bonds. The number of thioether (sulfide) groups is 1. The van der Waals surface area contributed by atoms with E-state index in [2.05, 4.69) is 45.5 Å². The van der Waals surface area contributed by atoms with Crippen LogP contribution in [0, 0.1) is 0 Å². The van der Waals surface area contributed by atoms with E-state index in [1.165, 1.54) is 11.3 Å². The lowest BCUT2D eigenvalue weighted by atomic mass is 10.2. The summed E-state index contributed by atoms with van der Waals surface area (Å²) in [6.45, 7) is 1.13. The van der Waals surface area contributed by atoms with Crippen LogP contribution in [0.15, 0.2) is 28.7 Å². The highest BCUT2D eigenvalue weighted by atomic mass is 79.9. The summed E-state index contributed by atoms with van der Waals surface area (Å²) in [5.41, 5.74) is 1.37. The van der Waals surface area contributed by atoms with Gasteiger partial charge in [0, 0.05) is 16.8 Å². The van der Waals surface area contributed by atoms with Crippen LogP contribution < -0.4 is 5.32 Å². The van der Waals surface area contributed by atoms with Crippen molar-refractivity contribution in [1.82, 2.24) is 5.32 Å². The first-order valence-corrected chi connectivity index (χ1v) is 5.81. The fourth-order valence-corrected chi connectivity index (χ4v) is 2.77. The molecule has 1 N–H and O–H groups in total. The predicted octanol–water partition coefficient (Wildman–Crippen LogP) is 2.78. The van der Waals surface area contributed by atoms with Crippen LogP contribution in [0.3, 0.4) is 0 Å². The van der Waals surface area contributed by atoms with Crippen LogP contribution in [-0.4, -0.2) is 12.3 Å². The standard InChI is InChI=1S/C9H10BrNS/c10-8-3-1-2-7(6-8)9-11-4-5-12-9/h1-3,6,9,11H,4-5H2/t9-/m0/s1. The van der Waals surface area contributed by atoms with Gasteiger partial charge >= 0.3 is 0 Å². The zero-order valence-electron chi connectivity index (χ0n) is 6.59. The first-order chi connectivity index (χ1) is 5.86. The Kier molecular flexibility index (Phi) is 2.73. The van der Waals surface area contributed by atoms with Crippen LogP contribution in [0.4, 0.5) is 0 Å². The van der Waals surface area contributed by atoms with Gasteiger partial charge in [0.15, 0.2) is 0 Å². The second-order valence-electron chi connectivity index (χ2n) is 2.76. The third-order valence-electron chi connectivity index (χ3n) is 1.87. The minimum atomic E-state index is 0.502. The molecule has 1 heterocycles. The molecule has 0 radical (unpaired) electrons. The van der Waals surface area contributed by atoms with Gasteiger partial charge in [-0.15, -0.1) is 11.8 Å². The van der Waals surface area contributed by atoms with Gasteiger partial charge in [-0.3, -0.25) is 0 Å². The van der Waals surface area contributed by atoms with E-state index in [4.69, 9.17) is 0 Å². The Morgan fingerprint density at radius 2 is 2.42 bits per heavy atom. The molecule has 0 saturated carbocycles. The van der Waals surface area contributed by atoms with Crippen molar-refractivity contribution in [3.63, 3.8) is 0 Å². The van der Waals surface area contributed by atoms with E-state index in [1.807, 2.05) is 11.8 Å². The normalized spacial score (nSPS) is 22.9. The van der Waals surface area contributed by atoms with Gasteiger partial charge in [0.05, 0.1) is 5.37 Å². The second kappa shape index (κ2) is 3.81. The lowest BCUT2D eigenvalue weighted by Gasteiger charge is -2.09. The fourth-order valence-electron chi connectivity index (χ4n) is 1.31. The van der Waals surface area contributed by atoms with Crippen molar-refractivity contribution in [2.24, 2.45) is 0 Å². The lowest BCUT2D eigenvalue weighted by molar-refractivity contribution is 0.751. The number of halogens is 1. The molecule has 3 heteroatoms. The van der Waals surface area contributed by atoms with Gasteiger partial charge in [-0.1, -0.05) is 28.1 Å². The molecule has 1 fully saturated rings. The molecule has 1 nitrogen and oxygen atoms in total. The number of nitrogens with one attached hydrogen (secondary N) is 1. The van der Waals surface area contributed by atoms with Crippen molar-refractivity contribution in [2.45, 2.75) is 5.37 Å². The highest BCUT2D eigenvalue weighted by Crippen LogP contribution is 2.30. The molecule has 1 saturated heterocycles. The van der Waals surface area contributed by atoms with E-state index < -0.39 is 0 Å². The van der Waals surface area contributed by atoms with E-state index >= 15 is 0 Å². The van der Waals surface area contributed by atoms with Crippen molar-refractivity contribution in [3.05, 3.63) is 34.3 Å². The molecular formula is C9H10BrNS. The van der Waals surface area contributed by atoms with Gasteiger partial charge < -0.3 is 5.32 Å². The first kappa shape index (κ1) is 8.60. The maximum absolute atomic E-state index is 3.47. The molecule has 0 aromatic heterocycles. The van der Waals surface area contributed by atoms with Crippen LogP contribution >= 0.6 is 27.7 Å². The van der Waals surface area contributed by atoms with Crippen molar-refractivity contribution in [1.29, 1.82) is 0 Å². The Morgan fingerprint density at radius 3 is 3.08 bits per heavy atom. The highest BCUT2D eigenvalue weighted by molar-refractivity contribution is 9.10. The van der Waals surface area contributed by atoms with Crippen molar-refractivity contribution >= 4 is 27.7 Å². The third-order valence-corrected chi connectivity index (χ3v) is 3.57. The largest absolute Gasteiger partial charge is 0.301 e. The lowest BCUT2D eigenvalue weighted by Crippen LogP contribution is -2.11. The molecule has 0 aliphatic carbocycles. The Hall–Kier alpha value is 0.01000. The number of hydrogen-bond acceptors (Lipinski definition) is 2. The predicted molar refractivity (Wildman–Crippen MR) is 57.3 cm³/mol. The zero-order valence-corrected chi connectivity index (χ0v) is 8.99. The average Bonchev–Trinajstić information content (AvgIpc) is 2.56.